The third-order valence-electron chi connectivity index (χ3n) is 22.7. The topological polar surface area (TPSA) is 465 Å². The number of para-hydroxylation sites is 6. The van der Waals surface area contributed by atoms with Gasteiger partial charge >= 0.3 is 35.8 Å². The molecular weight excluding hydrogens is 1850 g/mol. The summed E-state index contributed by atoms with van der Waals surface area (Å²) in [6.45, 7) is 1.02. The maximum absolute atomic E-state index is 13.7. The molecule has 12 bridgehead atoms. The Labute approximate surface area is 829 Å². The number of carbonyl (C=O) groups is 12. The van der Waals surface area contributed by atoms with E-state index in [9.17, 15) is 57.5 Å². The van der Waals surface area contributed by atoms with Crippen LogP contribution in [0.2, 0.25) is 0 Å². The molecule has 0 saturated carbocycles. The van der Waals surface area contributed by atoms with E-state index in [2.05, 4.69) is 61.8 Å². The molecule has 144 heavy (non-hydrogen) atoms. The Kier molecular flexibility index (Phi) is 38.0. The lowest BCUT2D eigenvalue weighted by Gasteiger charge is -2.23. The average Bonchev–Trinajstić information content (AvgIpc) is 0.787. The number of nitrogens with one attached hydrogen (secondary N) is 6. The van der Waals surface area contributed by atoms with Crippen molar-refractivity contribution in [3.8, 4) is 34.5 Å². The Morgan fingerprint density at radius 3 is 0.431 bits per heavy atom. The summed E-state index contributed by atoms with van der Waals surface area (Å²) in [5.41, 5.74) is 8.22. The molecule has 0 atom stereocenters. The zero-order valence-corrected chi connectivity index (χ0v) is 80.2. The number of fused-ring (bicyclic) bond motifs is 12. The summed E-state index contributed by atoms with van der Waals surface area (Å²) in [7, 11) is 7.31. The van der Waals surface area contributed by atoms with Gasteiger partial charge in [-0.15, -0.1) is 0 Å². The summed E-state index contributed by atoms with van der Waals surface area (Å²) in [6.07, 6.45) is 2.75. The number of aromatic nitrogens is 6. The second-order valence-corrected chi connectivity index (χ2v) is 32.6. The van der Waals surface area contributed by atoms with Gasteiger partial charge in [0.05, 0.1) is 82.3 Å². The first-order valence-corrected chi connectivity index (χ1v) is 46.6. The van der Waals surface area contributed by atoms with Crippen LogP contribution in [0.3, 0.4) is 0 Å². The van der Waals surface area contributed by atoms with Crippen molar-refractivity contribution in [2.45, 2.75) is 77.0 Å². The first-order chi connectivity index (χ1) is 70.1. The molecule has 6 aromatic carbocycles. The van der Waals surface area contributed by atoms with Crippen LogP contribution in [0.4, 0.5) is 0 Å². The van der Waals surface area contributed by atoms with Crippen LogP contribution in [0.15, 0.2) is 218 Å². The molecule has 13 rings (SSSR count). The fraction of sp³-hybridized carbons (Fsp3) is 0.278. The zero-order chi connectivity index (χ0) is 102. The van der Waals surface area contributed by atoms with Crippen LogP contribution in [0, 0.1) is 0 Å². The van der Waals surface area contributed by atoms with Crippen molar-refractivity contribution in [1.82, 2.24) is 61.8 Å². The molecule has 0 radical (unpaired) electrons. The van der Waals surface area contributed by atoms with Crippen molar-refractivity contribution < 1.29 is 114 Å². The number of benzene rings is 6. The summed E-state index contributed by atoms with van der Waals surface area (Å²) in [5.74, 6) is -4.58. The number of nitrogens with zero attached hydrogens (tertiary/aromatic N) is 6. The van der Waals surface area contributed by atoms with E-state index in [1.54, 1.807) is 0 Å². The van der Waals surface area contributed by atoms with Crippen LogP contribution < -0.4 is 60.3 Å². The number of pyridine rings is 6. The Bertz CT molecular complexity index is 5530. The van der Waals surface area contributed by atoms with Gasteiger partial charge in [0.2, 0.25) is 0 Å². The lowest BCUT2D eigenvalue weighted by molar-refractivity contribution is 0.0584. The van der Waals surface area contributed by atoms with Crippen molar-refractivity contribution in [2.24, 2.45) is 0 Å². The fourth-order valence-electron chi connectivity index (χ4n) is 15.8. The number of amides is 6. The minimum absolute atomic E-state index is 0.00614. The summed E-state index contributed by atoms with van der Waals surface area (Å²) in [6, 6.07) is 61.9. The van der Waals surface area contributed by atoms with E-state index in [0.29, 0.717) is 101 Å². The van der Waals surface area contributed by atoms with Crippen LogP contribution in [0.1, 0.15) is 231 Å². The molecular formula is C108H108N12O24. The highest BCUT2D eigenvalue weighted by Crippen LogP contribution is 2.41. The molecule has 6 amide bonds. The number of hydrogen-bond acceptors (Lipinski definition) is 30. The van der Waals surface area contributed by atoms with Gasteiger partial charge in [0.25, 0.3) is 35.4 Å². The minimum Gasteiger partial charge on any atom is -0.493 e. The predicted octanol–water partition coefficient (Wildman–Crippen LogP) is 11.8. The normalized spacial score (nSPS) is 11.4. The Balaban J connectivity index is 0.927. The first-order valence-electron chi connectivity index (χ1n) is 46.6. The Morgan fingerprint density at radius 1 is 0.188 bits per heavy atom. The molecule has 0 unspecified atom stereocenters. The summed E-state index contributed by atoms with van der Waals surface area (Å²) in [5, 5.41) is 17.5. The van der Waals surface area contributed by atoms with Crippen LogP contribution in [-0.4, -0.2) is 223 Å². The molecule has 0 saturated heterocycles. The highest BCUT2D eigenvalue weighted by molar-refractivity contribution is 5.99. The SMILES string of the molecule is COC(=O)c1cccc(C(=O)NCCCOc2c3cccc2Cc2cccc(c2OCCCNC(=O)c2cccc(C(=O)OC)n2)Cc2cccc(c2OCCCNC(=O)c2cccc(C(=O)OC)n2)Cc2cccc(c2OCCCNC(=O)c2cccc(C(=O)OC)n2)Cc2cccc(c2OCCCNC(=O)c2cccc(C(=O)OC)n2)Cc2cccc(c2OCCCNC(=O)c2cccc(C(=O)OC)n2)C3)n1. The van der Waals surface area contributed by atoms with E-state index in [1.165, 1.54) is 152 Å². The van der Waals surface area contributed by atoms with Crippen molar-refractivity contribution in [2.75, 3.05) is 122 Å². The van der Waals surface area contributed by atoms with E-state index in [4.69, 9.17) is 56.8 Å². The van der Waals surface area contributed by atoms with Gasteiger partial charge in [0, 0.05) is 77.8 Å². The summed E-state index contributed by atoms with van der Waals surface area (Å²) >= 11 is 0. The number of esters is 6. The number of methoxy groups -OCH3 is 6. The third kappa shape index (κ3) is 28.5. The number of hydrogen-bond donors (Lipinski definition) is 6. The Hall–Kier alpha value is -17.3. The van der Waals surface area contributed by atoms with Crippen molar-refractivity contribution in [3.63, 3.8) is 0 Å². The van der Waals surface area contributed by atoms with Gasteiger partial charge in [-0.2, -0.15) is 0 Å². The molecule has 6 N–H and O–H groups in total. The van der Waals surface area contributed by atoms with E-state index in [0.717, 1.165) is 0 Å². The van der Waals surface area contributed by atoms with E-state index in [-0.39, 0.29) is 224 Å². The van der Waals surface area contributed by atoms with E-state index < -0.39 is 71.3 Å². The lowest BCUT2D eigenvalue weighted by Crippen LogP contribution is -2.27. The maximum atomic E-state index is 13.7. The zero-order valence-electron chi connectivity index (χ0n) is 80.2. The van der Waals surface area contributed by atoms with Gasteiger partial charge in [-0.25, -0.2) is 58.7 Å². The molecule has 0 aliphatic heterocycles. The minimum atomic E-state index is -0.714. The molecule has 12 aromatic rings. The monoisotopic (exact) mass is 1960 g/mol. The van der Waals surface area contributed by atoms with Crippen LogP contribution in [-0.2, 0) is 66.9 Å². The molecule has 0 spiro atoms. The summed E-state index contributed by atoms with van der Waals surface area (Å²) in [4.78, 5) is 183. The van der Waals surface area contributed by atoms with Gasteiger partial charge < -0.3 is 88.7 Å². The molecule has 36 nitrogen and oxygen atoms in total. The highest BCUT2D eigenvalue weighted by Gasteiger charge is 2.28. The van der Waals surface area contributed by atoms with Gasteiger partial charge in [-0.3, -0.25) is 28.8 Å². The van der Waals surface area contributed by atoms with Crippen molar-refractivity contribution >= 4 is 71.3 Å². The van der Waals surface area contributed by atoms with Crippen molar-refractivity contribution in [3.05, 3.63) is 353 Å². The smallest absolute Gasteiger partial charge is 0.356 e. The fourth-order valence-corrected chi connectivity index (χ4v) is 15.8. The second-order valence-electron chi connectivity index (χ2n) is 32.6. The molecule has 1 aliphatic rings. The van der Waals surface area contributed by atoms with Crippen LogP contribution in [0.5, 0.6) is 34.5 Å². The van der Waals surface area contributed by atoms with Crippen LogP contribution in [0.25, 0.3) is 0 Å². The third-order valence-corrected chi connectivity index (χ3v) is 22.7. The largest absolute Gasteiger partial charge is 0.493 e. The lowest BCUT2D eigenvalue weighted by atomic mass is 9.91. The molecule has 6 aromatic heterocycles. The summed E-state index contributed by atoms with van der Waals surface area (Å²) < 4.78 is 71.9. The van der Waals surface area contributed by atoms with Gasteiger partial charge in [0.1, 0.15) is 103 Å². The van der Waals surface area contributed by atoms with Crippen LogP contribution >= 0.6 is 0 Å². The quantitative estimate of drug-likeness (QED) is 0.0118. The molecule has 36 heteroatoms. The average molecular weight is 1960 g/mol. The molecule has 6 heterocycles. The first kappa shape index (κ1) is 104. The Morgan fingerprint density at radius 2 is 0.306 bits per heavy atom. The molecule has 744 valence electrons. The number of carbonyl (C=O) groups excluding carboxylic acids is 12. The highest BCUT2D eigenvalue weighted by atomic mass is 16.5. The maximum Gasteiger partial charge on any atom is 0.356 e. The standard InChI is InChI=1S/C108H108N12O24/c1-133-103(127)85-43-13-37-79(115-85)97(121)109-49-19-55-139-91-67-25-7-26-68(91)62-70-28-9-30-72(93(70)141-57-21-51-111-99(123)81-39-15-45-87(117-81)105(129)135-3)64-74-32-11-34-76(95(74)143-59-23-53-113-101(125)83-41-17-47-89(119-83)107(131)137-5)66-78-36-12-35-77(96(78)144-60-24-54-114-102(126)84-42-18-48-90(120-84)108(132)138-6)65-75-33-10-31-73(94(75)142-58-22-52-112-100(124)82-40-16-46-88(118-82)106(130)136-4)63-71-29-8-27-69(61-67)92(71)140-56-20-50-110-98(122)80-38-14-44-86(116-80)104(128)134-2/h7-18,25-48H,19-24,49-66H2,1-6H3,(H,109,121)(H,110,122)(H,111,123)(H,112,124)(H,113,125)(H,114,126). The molecule has 1 aliphatic carbocycles. The van der Waals surface area contributed by atoms with E-state index in [1.807, 2.05) is 109 Å². The van der Waals surface area contributed by atoms with Gasteiger partial charge in [-0.1, -0.05) is 146 Å². The number of ether oxygens (including phenoxy) is 12. The van der Waals surface area contributed by atoms with Crippen molar-refractivity contribution in [1.29, 1.82) is 0 Å². The van der Waals surface area contributed by atoms with Gasteiger partial charge in [0.15, 0.2) is 0 Å². The predicted molar refractivity (Wildman–Crippen MR) is 524 cm³/mol. The molecule has 0 fully saturated rings. The van der Waals surface area contributed by atoms with E-state index >= 15 is 0 Å². The second kappa shape index (κ2) is 52.6. The number of rotatable bonds is 42. The van der Waals surface area contributed by atoms with Gasteiger partial charge in [-0.05, 0) is 178 Å².